The van der Waals surface area contributed by atoms with Crippen molar-refractivity contribution in [3.8, 4) is 11.5 Å². The summed E-state index contributed by atoms with van der Waals surface area (Å²) < 4.78 is 18.6. The molecule has 0 bridgehead atoms. The first-order chi connectivity index (χ1) is 17.3. The summed E-state index contributed by atoms with van der Waals surface area (Å²) in [6, 6.07) is 26.0. The van der Waals surface area contributed by atoms with Gasteiger partial charge in [-0.05, 0) is 53.1 Å². The van der Waals surface area contributed by atoms with Crippen LogP contribution in [0.2, 0.25) is 0 Å². The molecule has 35 heavy (non-hydrogen) atoms. The zero-order valence-corrected chi connectivity index (χ0v) is 20.1. The van der Waals surface area contributed by atoms with Gasteiger partial charge in [0.15, 0.2) is 11.5 Å². The molecule has 0 aromatic heterocycles. The second-order valence-corrected chi connectivity index (χ2v) is 8.99. The van der Waals surface area contributed by atoms with E-state index in [1.54, 1.807) is 0 Å². The van der Waals surface area contributed by atoms with Gasteiger partial charge in [-0.15, -0.1) is 0 Å². The van der Waals surface area contributed by atoms with Crippen molar-refractivity contribution in [2.24, 2.45) is 11.0 Å². The minimum atomic E-state index is -0.324. The van der Waals surface area contributed by atoms with Gasteiger partial charge in [-0.3, -0.25) is 0 Å². The monoisotopic (exact) mass is 471 g/mol. The molecule has 3 aromatic rings. The largest absolute Gasteiger partial charge is 0.485 e. The maximum Gasteiger partial charge on any atom is 0.162 e. The zero-order valence-electron chi connectivity index (χ0n) is 20.1. The molecule has 4 rings (SSSR count). The van der Waals surface area contributed by atoms with Crippen molar-refractivity contribution in [1.29, 1.82) is 0 Å². The third-order valence-electron chi connectivity index (χ3n) is 6.38. The Labute approximate surface area is 207 Å². The van der Waals surface area contributed by atoms with Crippen LogP contribution in [0, 0.1) is 5.92 Å². The maximum atomic E-state index is 8.92. The predicted octanol–water partition coefficient (Wildman–Crippen LogP) is 7.79. The molecule has 6 heteroatoms. The fourth-order valence-electron chi connectivity index (χ4n) is 4.40. The van der Waals surface area contributed by atoms with Gasteiger partial charge in [0.1, 0.15) is 13.2 Å². The van der Waals surface area contributed by atoms with Gasteiger partial charge in [-0.2, -0.15) is 0 Å². The van der Waals surface area contributed by atoms with E-state index in [9.17, 15) is 0 Å². The van der Waals surface area contributed by atoms with Crippen LogP contribution in [0.3, 0.4) is 0 Å². The molecule has 0 radical (unpaired) electrons. The van der Waals surface area contributed by atoms with Gasteiger partial charge in [0.25, 0.3) is 0 Å². The topological polar surface area (TPSA) is 76.5 Å². The number of hydrogen-bond acceptors (Lipinski definition) is 4. The highest BCUT2D eigenvalue weighted by Crippen LogP contribution is 2.34. The molecule has 0 amide bonds. The fourth-order valence-corrected chi connectivity index (χ4v) is 4.40. The molecule has 1 atom stereocenters. The Kier molecular flexibility index (Phi) is 9.46. The number of ether oxygens (including phenoxy) is 3. The Morgan fingerprint density at radius 3 is 2.06 bits per heavy atom. The number of rotatable bonds is 12. The van der Waals surface area contributed by atoms with Crippen molar-refractivity contribution >= 4 is 0 Å². The molecule has 1 aliphatic carbocycles. The highest BCUT2D eigenvalue weighted by Gasteiger charge is 2.19. The van der Waals surface area contributed by atoms with Crippen LogP contribution >= 0.6 is 0 Å². The van der Waals surface area contributed by atoms with E-state index < -0.39 is 0 Å². The number of hydrogen-bond donors (Lipinski definition) is 0. The molecular formula is C29H33N3O3. The van der Waals surface area contributed by atoms with E-state index in [4.69, 9.17) is 19.7 Å². The van der Waals surface area contributed by atoms with Gasteiger partial charge in [0.2, 0.25) is 0 Å². The molecule has 6 nitrogen and oxygen atoms in total. The van der Waals surface area contributed by atoms with Crippen molar-refractivity contribution < 1.29 is 14.2 Å². The maximum absolute atomic E-state index is 8.92. The average Bonchev–Trinajstić information content (AvgIpc) is 2.93. The minimum Gasteiger partial charge on any atom is -0.485 e. The first-order valence-corrected chi connectivity index (χ1v) is 12.4. The Morgan fingerprint density at radius 2 is 1.43 bits per heavy atom. The van der Waals surface area contributed by atoms with E-state index in [-0.39, 0.29) is 12.6 Å². The Hall–Kier alpha value is -3.47. The summed E-state index contributed by atoms with van der Waals surface area (Å²) >= 11 is 0. The van der Waals surface area contributed by atoms with Crippen LogP contribution in [0.4, 0.5) is 0 Å². The van der Waals surface area contributed by atoms with E-state index in [2.05, 4.69) is 10.0 Å². The molecule has 3 aromatic carbocycles. The predicted molar refractivity (Wildman–Crippen MR) is 137 cm³/mol. The highest BCUT2D eigenvalue weighted by atomic mass is 16.5. The minimum absolute atomic E-state index is 0.242. The summed E-state index contributed by atoms with van der Waals surface area (Å²) in [4.78, 5) is 2.96. The van der Waals surface area contributed by atoms with E-state index in [1.165, 1.54) is 32.1 Å². The van der Waals surface area contributed by atoms with Crippen LogP contribution in [-0.2, 0) is 18.0 Å². The SMILES string of the molecule is [N-]=[N+]=NC[C@H](OCC1CCCCC1)c1ccc(OCc2ccccc2)c(OCc2ccccc2)c1. The molecule has 0 N–H and O–H groups in total. The van der Waals surface area contributed by atoms with Gasteiger partial charge >= 0.3 is 0 Å². The molecule has 0 spiro atoms. The summed E-state index contributed by atoms with van der Waals surface area (Å²) in [5.41, 5.74) is 12.0. The normalized spacial score (nSPS) is 14.6. The third-order valence-corrected chi connectivity index (χ3v) is 6.38. The first kappa shape index (κ1) is 24.6. The van der Waals surface area contributed by atoms with Gasteiger partial charge in [-0.1, -0.05) is 91.1 Å². The van der Waals surface area contributed by atoms with Crippen LogP contribution in [0.25, 0.3) is 10.4 Å². The molecular weight excluding hydrogens is 438 g/mol. The summed E-state index contributed by atoms with van der Waals surface area (Å²) in [6.45, 7) is 1.79. The van der Waals surface area contributed by atoms with E-state index in [0.29, 0.717) is 37.2 Å². The van der Waals surface area contributed by atoms with E-state index >= 15 is 0 Å². The Balaban J connectivity index is 1.52. The Bertz CT molecular complexity index is 1080. The standard InChI is InChI=1S/C29H33N3O3/c30-32-31-19-29(35-22-25-14-8-3-9-15-25)26-16-17-27(33-20-23-10-4-1-5-11-23)28(18-26)34-21-24-12-6-2-7-13-24/h1-2,4-7,10-13,16-18,25,29H,3,8-9,14-15,19-22H2/t29-/m0/s1. The van der Waals surface area contributed by atoms with Gasteiger partial charge in [0.05, 0.1) is 19.3 Å². The molecule has 0 aliphatic heterocycles. The lowest BCUT2D eigenvalue weighted by Crippen LogP contribution is -2.17. The van der Waals surface area contributed by atoms with Crippen molar-refractivity contribution in [3.05, 3.63) is 106 Å². The zero-order chi connectivity index (χ0) is 24.1. The number of nitrogens with zero attached hydrogens (tertiary/aromatic N) is 3. The quantitative estimate of drug-likeness (QED) is 0.154. The third kappa shape index (κ3) is 7.78. The molecule has 0 saturated heterocycles. The van der Waals surface area contributed by atoms with Crippen molar-refractivity contribution in [2.45, 2.75) is 51.4 Å². The van der Waals surface area contributed by atoms with Crippen LogP contribution in [0.1, 0.15) is 54.9 Å². The summed E-state index contributed by atoms with van der Waals surface area (Å²) in [6.07, 6.45) is 5.92. The molecule has 0 heterocycles. The smallest absolute Gasteiger partial charge is 0.162 e. The lowest BCUT2D eigenvalue weighted by Gasteiger charge is -2.25. The molecule has 182 valence electrons. The van der Waals surface area contributed by atoms with Gasteiger partial charge < -0.3 is 14.2 Å². The fraction of sp³-hybridized carbons (Fsp3) is 0.379. The van der Waals surface area contributed by atoms with Crippen molar-refractivity contribution in [1.82, 2.24) is 0 Å². The van der Waals surface area contributed by atoms with Crippen LogP contribution < -0.4 is 9.47 Å². The van der Waals surface area contributed by atoms with Crippen LogP contribution in [-0.4, -0.2) is 13.2 Å². The molecule has 1 saturated carbocycles. The average molecular weight is 472 g/mol. The summed E-state index contributed by atoms with van der Waals surface area (Å²) in [5.74, 6) is 1.89. The first-order valence-electron chi connectivity index (χ1n) is 12.4. The van der Waals surface area contributed by atoms with Crippen LogP contribution in [0.15, 0.2) is 84.0 Å². The summed E-state index contributed by atoms with van der Waals surface area (Å²) in [5, 5.41) is 3.82. The second-order valence-electron chi connectivity index (χ2n) is 8.99. The lowest BCUT2D eigenvalue weighted by atomic mass is 9.90. The van der Waals surface area contributed by atoms with E-state index in [1.807, 2.05) is 78.9 Å². The lowest BCUT2D eigenvalue weighted by molar-refractivity contribution is 0.0245. The number of azide groups is 1. The van der Waals surface area contributed by atoms with E-state index in [0.717, 1.165) is 16.7 Å². The molecule has 0 unspecified atom stereocenters. The molecule has 1 aliphatic rings. The summed E-state index contributed by atoms with van der Waals surface area (Å²) in [7, 11) is 0. The highest BCUT2D eigenvalue weighted by molar-refractivity contribution is 5.44. The molecule has 1 fully saturated rings. The van der Waals surface area contributed by atoms with Gasteiger partial charge in [0, 0.05) is 4.91 Å². The van der Waals surface area contributed by atoms with Gasteiger partial charge in [-0.25, -0.2) is 0 Å². The Morgan fingerprint density at radius 1 is 0.800 bits per heavy atom. The van der Waals surface area contributed by atoms with Crippen LogP contribution in [0.5, 0.6) is 11.5 Å². The number of benzene rings is 3. The second kappa shape index (κ2) is 13.4. The van der Waals surface area contributed by atoms with Crippen molar-refractivity contribution in [3.63, 3.8) is 0 Å². The van der Waals surface area contributed by atoms with Crippen molar-refractivity contribution in [2.75, 3.05) is 13.2 Å².